The zero-order valence-corrected chi connectivity index (χ0v) is 14.7. The minimum atomic E-state index is 0.288. The summed E-state index contributed by atoms with van der Waals surface area (Å²) in [6.07, 6.45) is 2.02. The molecule has 1 unspecified atom stereocenters. The molecule has 114 valence electrons. The number of nitrogens with zero attached hydrogens (tertiary/aromatic N) is 1. The van der Waals surface area contributed by atoms with Gasteiger partial charge in [-0.05, 0) is 57.4 Å². The Balaban J connectivity index is 2.26. The van der Waals surface area contributed by atoms with Crippen molar-refractivity contribution < 1.29 is 0 Å². The molecule has 2 aromatic rings. The van der Waals surface area contributed by atoms with Crippen LogP contribution in [0.15, 0.2) is 18.2 Å². The summed E-state index contributed by atoms with van der Waals surface area (Å²) in [6, 6.07) is 6.60. The van der Waals surface area contributed by atoms with Gasteiger partial charge in [-0.2, -0.15) is 0 Å². The van der Waals surface area contributed by atoms with Crippen LogP contribution in [0.25, 0.3) is 0 Å². The van der Waals surface area contributed by atoms with Gasteiger partial charge in [-0.25, -0.2) is 4.98 Å². The highest BCUT2D eigenvalue weighted by Gasteiger charge is 2.18. The van der Waals surface area contributed by atoms with Crippen molar-refractivity contribution >= 4 is 22.9 Å². The first-order chi connectivity index (χ1) is 10.0. The summed E-state index contributed by atoms with van der Waals surface area (Å²) in [4.78, 5) is 5.89. The number of hydrogen-bond donors (Lipinski definition) is 1. The zero-order valence-electron chi connectivity index (χ0n) is 13.2. The van der Waals surface area contributed by atoms with Crippen molar-refractivity contribution in [3.8, 4) is 0 Å². The van der Waals surface area contributed by atoms with Crippen LogP contribution in [0, 0.1) is 20.8 Å². The SMILES string of the molecule is CCCNC(Cc1ccc(C)cc1Cl)c1sc(C)nc1C. The highest BCUT2D eigenvalue weighted by molar-refractivity contribution is 7.11. The molecule has 1 aromatic carbocycles. The van der Waals surface area contributed by atoms with Gasteiger partial charge in [0.2, 0.25) is 0 Å². The summed E-state index contributed by atoms with van der Waals surface area (Å²) in [5.41, 5.74) is 3.53. The molecule has 0 aliphatic heterocycles. The second-order valence-corrected chi connectivity index (χ2v) is 7.13. The Kier molecular flexibility index (Phi) is 5.80. The molecule has 0 radical (unpaired) electrons. The molecule has 0 fully saturated rings. The van der Waals surface area contributed by atoms with Gasteiger partial charge in [0.15, 0.2) is 0 Å². The fourth-order valence-electron chi connectivity index (χ4n) is 2.48. The van der Waals surface area contributed by atoms with E-state index in [0.29, 0.717) is 0 Å². The largest absolute Gasteiger partial charge is 0.309 e. The molecule has 1 N–H and O–H groups in total. The predicted octanol–water partition coefficient (Wildman–Crippen LogP) is 5.01. The minimum Gasteiger partial charge on any atom is -0.309 e. The molecule has 0 amide bonds. The third-order valence-electron chi connectivity index (χ3n) is 3.53. The number of halogens is 1. The molecule has 1 aromatic heterocycles. The van der Waals surface area contributed by atoms with Crippen molar-refractivity contribution in [3.05, 3.63) is 49.9 Å². The van der Waals surface area contributed by atoms with Crippen molar-refractivity contribution in [1.29, 1.82) is 0 Å². The topological polar surface area (TPSA) is 24.9 Å². The summed E-state index contributed by atoms with van der Waals surface area (Å²) in [6.45, 7) is 9.42. The van der Waals surface area contributed by atoms with Gasteiger partial charge >= 0.3 is 0 Å². The first-order valence-electron chi connectivity index (χ1n) is 7.43. The lowest BCUT2D eigenvalue weighted by Crippen LogP contribution is -2.24. The normalized spacial score (nSPS) is 12.6. The Hall–Kier alpha value is -0.900. The number of aromatic nitrogens is 1. The van der Waals surface area contributed by atoms with Gasteiger partial charge in [-0.15, -0.1) is 11.3 Å². The lowest BCUT2D eigenvalue weighted by Gasteiger charge is -2.19. The lowest BCUT2D eigenvalue weighted by molar-refractivity contribution is 0.534. The number of hydrogen-bond acceptors (Lipinski definition) is 3. The van der Waals surface area contributed by atoms with Gasteiger partial charge in [0.05, 0.1) is 10.7 Å². The predicted molar refractivity (Wildman–Crippen MR) is 92.5 cm³/mol. The molecule has 0 saturated heterocycles. The van der Waals surface area contributed by atoms with Crippen LogP contribution in [0.1, 0.15) is 46.1 Å². The van der Waals surface area contributed by atoms with Gasteiger partial charge in [0.1, 0.15) is 0 Å². The third kappa shape index (κ3) is 4.29. The molecule has 2 rings (SSSR count). The van der Waals surface area contributed by atoms with Crippen LogP contribution in [0.5, 0.6) is 0 Å². The van der Waals surface area contributed by atoms with E-state index in [0.717, 1.165) is 35.1 Å². The van der Waals surface area contributed by atoms with E-state index in [2.05, 4.69) is 50.1 Å². The molecular formula is C17H23ClN2S. The quantitative estimate of drug-likeness (QED) is 0.809. The number of thiazole rings is 1. The average Bonchev–Trinajstić information content (AvgIpc) is 2.76. The number of benzene rings is 1. The third-order valence-corrected chi connectivity index (χ3v) is 5.07. The first-order valence-corrected chi connectivity index (χ1v) is 8.63. The van der Waals surface area contributed by atoms with E-state index in [1.807, 2.05) is 6.07 Å². The van der Waals surface area contributed by atoms with Crippen LogP contribution in [0.3, 0.4) is 0 Å². The Morgan fingerprint density at radius 3 is 2.62 bits per heavy atom. The second kappa shape index (κ2) is 7.39. The maximum atomic E-state index is 6.40. The number of rotatable bonds is 6. The van der Waals surface area contributed by atoms with Crippen molar-refractivity contribution in [1.82, 2.24) is 10.3 Å². The van der Waals surface area contributed by atoms with Gasteiger partial charge in [0.25, 0.3) is 0 Å². The van der Waals surface area contributed by atoms with Gasteiger partial charge in [-0.1, -0.05) is 30.7 Å². The maximum absolute atomic E-state index is 6.40. The fourth-order valence-corrected chi connectivity index (χ4v) is 3.80. The number of nitrogens with one attached hydrogen (secondary N) is 1. The highest BCUT2D eigenvalue weighted by Crippen LogP contribution is 2.30. The molecule has 0 aliphatic carbocycles. The van der Waals surface area contributed by atoms with Crippen LogP contribution in [0.2, 0.25) is 5.02 Å². The minimum absolute atomic E-state index is 0.288. The van der Waals surface area contributed by atoms with Crippen LogP contribution < -0.4 is 5.32 Å². The van der Waals surface area contributed by atoms with Crippen LogP contribution in [0.4, 0.5) is 0 Å². The maximum Gasteiger partial charge on any atom is 0.0900 e. The monoisotopic (exact) mass is 322 g/mol. The average molecular weight is 323 g/mol. The summed E-state index contributed by atoms with van der Waals surface area (Å²) >= 11 is 8.18. The summed E-state index contributed by atoms with van der Waals surface area (Å²) in [5, 5.41) is 5.63. The molecule has 0 saturated carbocycles. The second-order valence-electron chi connectivity index (χ2n) is 5.49. The van der Waals surface area contributed by atoms with Crippen LogP contribution in [-0.2, 0) is 6.42 Å². The van der Waals surface area contributed by atoms with Crippen LogP contribution in [-0.4, -0.2) is 11.5 Å². The first kappa shape index (κ1) is 16.5. The van der Waals surface area contributed by atoms with Crippen LogP contribution >= 0.6 is 22.9 Å². The Labute approximate surface area is 136 Å². The van der Waals surface area contributed by atoms with E-state index in [9.17, 15) is 0 Å². The van der Waals surface area contributed by atoms with Gasteiger partial charge in [-0.3, -0.25) is 0 Å². The molecule has 1 atom stereocenters. The van der Waals surface area contributed by atoms with E-state index < -0.39 is 0 Å². The summed E-state index contributed by atoms with van der Waals surface area (Å²) < 4.78 is 0. The van der Waals surface area contributed by atoms with Gasteiger partial charge < -0.3 is 5.32 Å². The molecule has 0 spiro atoms. The lowest BCUT2D eigenvalue weighted by atomic mass is 10.0. The Morgan fingerprint density at radius 2 is 2.05 bits per heavy atom. The standard InChI is InChI=1S/C17H23ClN2S/c1-5-8-19-16(17-12(3)20-13(4)21-17)10-14-7-6-11(2)9-15(14)18/h6-7,9,16,19H,5,8,10H2,1-4H3. The number of aryl methyl sites for hydroxylation is 3. The van der Waals surface area contributed by atoms with E-state index >= 15 is 0 Å². The van der Waals surface area contributed by atoms with E-state index in [1.165, 1.54) is 16.0 Å². The Bertz CT molecular complexity index is 607. The smallest absolute Gasteiger partial charge is 0.0900 e. The summed E-state index contributed by atoms with van der Waals surface area (Å²) in [5.74, 6) is 0. The van der Waals surface area contributed by atoms with Gasteiger partial charge in [0, 0.05) is 15.9 Å². The molecule has 0 bridgehead atoms. The van der Waals surface area contributed by atoms with E-state index in [-0.39, 0.29) is 6.04 Å². The van der Waals surface area contributed by atoms with Crippen molar-refractivity contribution in [2.45, 2.75) is 46.6 Å². The molecule has 21 heavy (non-hydrogen) atoms. The highest BCUT2D eigenvalue weighted by atomic mass is 35.5. The van der Waals surface area contributed by atoms with Crippen molar-refractivity contribution in [2.24, 2.45) is 0 Å². The molecule has 4 heteroatoms. The van der Waals surface area contributed by atoms with E-state index in [4.69, 9.17) is 11.6 Å². The molecule has 2 nitrogen and oxygen atoms in total. The Morgan fingerprint density at radius 1 is 1.29 bits per heavy atom. The van der Waals surface area contributed by atoms with Crippen molar-refractivity contribution in [2.75, 3.05) is 6.54 Å². The summed E-state index contributed by atoms with van der Waals surface area (Å²) in [7, 11) is 0. The molecular weight excluding hydrogens is 300 g/mol. The fraction of sp³-hybridized carbons (Fsp3) is 0.471. The van der Waals surface area contributed by atoms with E-state index in [1.54, 1.807) is 11.3 Å². The molecule has 1 heterocycles. The van der Waals surface area contributed by atoms with Crippen molar-refractivity contribution in [3.63, 3.8) is 0 Å². The molecule has 0 aliphatic rings. The zero-order chi connectivity index (χ0) is 15.4.